The first-order valence-corrected chi connectivity index (χ1v) is 7.94. The zero-order chi connectivity index (χ0) is 16.7. The Morgan fingerprint density at radius 2 is 2.12 bits per heavy atom. The second-order valence-electron chi connectivity index (χ2n) is 5.90. The summed E-state index contributed by atoms with van der Waals surface area (Å²) >= 11 is 0. The van der Waals surface area contributed by atoms with Crippen LogP contribution in [0.25, 0.3) is 0 Å². The van der Waals surface area contributed by atoms with Crippen LogP contribution in [0.3, 0.4) is 0 Å². The van der Waals surface area contributed by atoms with Gasteiger partial charge in [-0.2, -0.15) is 0 Å². The van der Waals surface area contributed by atoms with Crippen LogP contribution in [0.5, 0.6) is 0 Å². The summed E-state index contributed by atoms with van der Waals surface area (Å²) < 4.78 is 5.60. The number of non-ortho nitro benzene ring substituents is 1. The Balaban J connectivity index is 0.00000288. The number of guanidine groups is 1. The summed E-state index contributed by atoms with van der Waals surface area (Å²) in [4.78, 5) is 14.8. The first kappa shape index (κ1) is 20.6. The van der Waals surface area contributed by atoms with Crippen molar-refractivity contribution in [3.8, 4) is 0 Å². The van der Waals surface area contributed by atoms with E-state index in [-0.39, 0.29) is 41.8 Å². The summed E-state index contributed by atoms with van der Waals surface area (Å²) in [6.07, 6.45) is 2.43. The Labute approximate surface area is 159 Å². The van der Waals surface area contributed by atoms with Crippen LogP contribution in [0.2, 0.25) is 0 Å². The lowest BCUT2D eigenvalue weighted by Gasteiger charge is -2.17. The van der Waals surface area contributed by atoms with Gasteiger partial charge in [0.25, 0.3) is 5.69 Å². The average molecular weight is 448 g/mol. The molecule has 24 heavy (non-hydrogen) atoms. The van der Waals surface area contributed by atoms with E-state index >= 15 is 0 Å². The van der Waals surface area contributed by atoms with Gasteiger partial charge in [0.1, 0.15) is 0 Å². The number of nitro groups is 1. The molecule has 1 fully saturated rings. The zero-order valence-electron chi connectivity index (χ0n) is 14.0. The minimum absolute atomic E-state index is 0. The Hall–Kier alpha value is -1.42. The molecular weight excluding hydrogens is 423 g/mol. The van der Waals surface area contributed by atoms with Gasteiger partial charge in [-0.05, 0) is 32.3 Å². The van der Waals surface area contributed by atoms with Crippen molar-refractivity contribution in [3.05, 3.63) is 39.9 Å². The molecule has 0 aliphatic carbocycles. The maximum absolute atomic E-state index is 10.7. The van der Waals surface area contributed by atoms with Gasteiger partial charge in [0, 0.05) is 31.3 Å². The summed E-state index contributed by atoms with van der Waals surface area (Å²) in [6, 6.07) is 6.73. The van der Waals surface area contributed by atoms with E-state index in [1.165, 1.54) is 12.1 Å². The highest BCUT2D eigenvalue weighted by Gasteiger charge is 2.15. The smallest absolute Gasteiger partial charge is 0.269 e. The van der Waals surface area contributed by atoms with Crippen LogP contribution in [-0.4, -0.2) is 36.2 Å². The van der Waals surface area contributed by atoms with Crippen LogP contribution in [0.4, 0.5) is 5.69 Å². The molecule has 134 valence electrons. The zero-order valence-corrected chi connectivity index (χ0v) is 16.4. The number of halogens is 1. The lowest BCUT2D eigenvalue weighted by molar-refractivity contribution is -0.384. The van der Waals surface area contributed by atoms with Crippen molar-refractivity contribution in [3.63, 3.8) is 0 Å². The van der Waals surface area contributed by atoms with E-state index in [2.05, 4.69) is 29.5 Å². The molecule has 0 bridgehead atoms. The van der Waals surface area contributed by atoms with Crippen molar-refractivity contribution >= 4 is 35.6 Å². The van der Waals surface area contributed by atoms with Crippen LogP contribution in [0.1, 0.15) is 32.3 Å². The minimum atomic E-state index is -0.401. The molecule has 1 saturated heterocycles. The van der Waals surface area contributed by atoms with E-state index in [4.69, 9.17) is 4.74 Å². The van der Waals surface area contributed by atoms with Gasteiger partial charge in [0.05, 0.1) is 17.6 Å². The molecule has 2 rings (SSSR count). The monoisotopic (exact) mass is 448 g/mol. The average Bonchev–Trinajstić information content (AvgIpc) is 3.03. The first-order chi connectivity index (χ1) is 11.0. The molecule has 1 aromatic rings. The molecule has 1 atom stereocenters. The van der Waals surface area contributed by atoms with Crippen LogP contribution in [0.15, 0.2) is 29.3 Å². The number of ether oxygens (including phenoxy) is 1. The first-order valence-electron chi connectivity index (χ1n) is 7.94. The number of nitrogens with zero attached hydrogens (tertiary/aromatic N) is 2. The highest BCUT2D eigenvalue weighted by atomic mass is 127. The summed E-state index contributed by atoms with van der Waals surface area (Å²) in [6.45, 7) is 6.13. The molecule has 7 nitrogen and oxygen atoms in total. The molecule has 0 amide bonds. The molecule has 1 aliphatic rings. The summed E-state index contributed by atoms with van der Waals surface area (Å²) in [5.74, 6) is 0.730. The maximum atomic E-state index is 10.7. The highest BCUT2D eigenvalue weighted by molar-refractivity contribution is 14.0. The van der Waals surface area contributed by atoms with Crippen molar-refractivity contribution in [2.45, 2.75) is 45.4 Å². The fraction of sp³-hybridized carbons (Fsp3) is 0.562. The highest BCUT2D eigenvalue weighted by Crippen LogP contribution is 2.13. The van der Waals surface area contributed by atoms with Crippen LogP contribution in [-0.2, 0) is 11.3 Å². The van der Waals surface area contributed by atoms with Crippen LogP contribution in [0, 0.1) is 10.1 Å². The van der Waals surface area contributed by atoms with Gasteiger partial charge in [0.2, 0.25) is 0 Å². The Bertz CT molecular complexity index is 543. The number of nitrogens with one attached hydrogen (secondary N) is 2. The predicted octanol–water partition coefficient (Wildman–Crippen LogP) is 2.84. The molecule has 0 saturated carbocycles. The van der Waals surface area contributed by atoms with Gasteiger partial charge in [-0.15, -0.1) is 24.0 Å². The lowest BCUT2D eigenvalue weighted by Crippen LogP contribution is -2.44. The predicted molar refractivity (Wildman–Crippen MR) is 105 cm³/mol. The van der Waals surface area contributed by atoms with Crippen molar-refractivity contribution in [1.82, 2.24) is 10.6 Å². The molecule has 8 heteroatoms. The summed E-state index contributed by atoms with van der Waals surface area (Å²) in [5, 5.41) is 17.2. The molecule has 0 aromatic heterocycles. The molecule has 1 heterocycles. The Morgan fingerprint density at radius 3 is 2.67 bits per heavy atom. The topological polar surface area (TPSA) is 88.8 Å². The van der Waals surface area contributed by atoms with Crippen molar-refractivity contribution in [1.29, 1.82) is 0 Å². The van der Waals surface area contributed by atoms with E-state index in [0.29, 0.717) is 6.54 Å². The van der Waals surface area contributed by atoms with E-state index in [0.717, 1.165) is 37.5 Å². The lowest BCUT2D eigenvalue weighted by atomic mass is 10.2. The third-order valence-corrected chi connectivity index (χ3v) is 3.51. The van der Waals surface area contributed by atoms with Crippen LogP contribution >= 0.6 is 24.0 Å². The number of nitro benzene ring substituents is 1. The van der Waals surface area contributed by atoms with Crippen molar-refractivity contribution in [2.75, 3.05) is 13.2 Å². The van der Waals surface area contributed by atoms with Gasteiger partial charge in [-0.3, -0.25) is 10.1 Å². The third-order valence-electron chi connectivity index (χ3n) is 3.51. The normalized spacial score (nSPS) is 17.5. The van der Waals surface area contributed by atoms with Gasteiger partial charge < -0.3 is 15.4 Å². The van der Waals surface area contributed by atoms with Crippen molar-refractivity contribution < 1.29 is 9.66 Å². The number of rotatable bonds is 6. The number of benzene rings is 1. The van der Waals surface area contributed by atoms with E-state index in [9.17, 15) is 10.1 Å². The summed E-state index contributed by atoms with van der Waals surface area (Å²) in [7, 11) is 0. The standard InChI is InChI=1S/C16H24N4O3.HI/c1-12(2)19-16(18-11-15-4-3-9-23-15)17-10-13-5-7-14(8-6-13)20(21)22;/h5-8,12,15H,3-4,9-11H2,1-2H3,(H2,17,18,19);1H. The number of hydrogen-bond donors (Lipinski definition) is 2. The van der Waals surface area contributed by atoms with Crippen molar-refractivity contribution in [2.24, 2.45) is 4.99 Å². The Kier molecular flexibility index (Phi) is 8.98. The van der Waals surface area contributed by atoms with Gasteiger partial charge in [-0.25, -0.2) is 4.99 Å². The van der Waals surface area contributed by atoms with E-state index in [1.807, 2.05) is 0 Å². The van der Waals surface area contributed by atoms with Crippen LogP contribution < -0.4 is 10.6 Å². The minimum Gasteiger partial charge on any atom is -0.376 e. The maximum Gasteiger partial charge on any atom is 0.269 e. The van der Waals surface area contributed by atoms with E-state index in [1.54, 1.807) is 12.1 Å². The van der Waals surface area contributed by atoms with Gasteiger partial charge in [-0.1, -0.05) is 12.1 Å². The molecular formula is C16H25IN4O3. The fourth-order valence-corrected chi connectivity index (χ4v) is 2.34. The van der Waals surface area contributed by atoms with E-state index < -0.39 is 4.92 Å². The second-order valence-corrected chi connectivity index (χ2v) is 5.90. The SMILES string of the molecule is CC(C)NC(=NCc1ccc([N+](=O)[O-])cc1)NCC1CCCO1.I. The molecule has 0 spiro atoms. The number of aliphatic imine (C=N–C) groups is 1. The molecule has 1 unspecified atom stereocenters. The van der Waals surface area contributed by atoms with Gasteiger partial charge in [0.15, 0.2) is 5.96 Å². The number of hydrogen-bond acceptors (Lipinski definition) is 4. The van der Waals surface area contributed by atoms with Gasteiger partial charge >= 0.3 is 0 Å². The molecule has 0 radical (unpaired) electrons. The summed E-state index contributed by atoms with van der Waals surface area (Å²) in [5.41, 5.74) is 1.02. The molecule has 1 aromatic carbocycles. The Morgan fingerprint density at radius 1 is 1.42 bits per heavy atom. The second kappa shape index (κ2) is 10.4. The third kappa shape index (κ3) is 7.00. The largest absolute Gasteiger partial charge is 0.376 e. The molecule has 1 aliphatic heterocycles. The quantitative estimate of drug-likeness (QED) is 0.230. The molecule has 2 N–H and O–H groups in total. The fourth-order valence-electron chi connectivity index (χ4n) is 2.34.